The molecule has 0 radical (unpaired) electrons. The van der Waals surface area contributed by atoms with Crippen LogP contribution in [0.4, 0.5) is 0 Å². The first-order chi connectivity index (χ1) is 19.1. The van der Waals surface area contributed by atoms with Crippen molar-refractivity contribution in [2.24, 2.45) is 11.8 Å². The Bertz CT molecular complexity index is 1160. The molecular formula is C28H38O12. The largest absolute Gasteiger partial charge is 0.502 e. The number of methoxy groups -OCH3 is 4. The van der Waals surface area contributed by atoms with E-state index in [2.05, 4.69) is 0 Å². The monoisotopic (exact) mass is 566 g/mol. The van der Waals surface area contributed by atoms with Crippen LogP contribution in [0, 0.1) is 11.8 Å². The van der Waals surface area contributed by atoms with Gasteiger partial charge in [0.25, 0.3) is 0 Å². The summed E-state index contributed by atoms with van der Waals surface area (Å²) in [4.78, 5) is 0. The molecule has 12 nitrogen and oxygen atoms in total. The van der Waals surface area contributed by atoms with Crippen molar-refractivity contribution in [3.63, 3.8) is 0 Å². The highest BCUT2D eigenvalue weighted by Crippen LogP contribution is 2.54. The van der Waals surface area contributed by atoms with Crippen molar-refractivity contribution in [3.8, 4) is 34.5 Å². The van der Waals surface area contributed by atoms with Crippen LogP contribution in [0.25, 0.3) is 0 Å². The summed E-state index contributed by atoms with van der Waals surface area (Å²) in [6.45, 7) is 1.28. The lowest BCUT2D eigenvalue weighted by Crippen LogP contribution is -2.57. The van der Waals surface area contributed by atoms with Gasteiger partial charge in [-0.15, -0.1) is 0 Å². The Balaban J connectivity index is 1.81. The molecule has 2 aromatic carbocycles. The summed E-state index contributed by atoms with van der Waals surface area (Å²) in [6, 6.07) is 4.96. The minimum Gasteiger partial charge on any atom is -0.502 e. The molecule has 2 aromatic rings. The summed E-state index contributed by atoms with van der Waals surface area (Å²) in [5.41, 5.74) is 1.99. The van der Waals surface area contributed by atoms with Gasteiger partial charge in [0.15, 0.2) is 29.3 Å². The number of ether oxygens (including phenoxy) is 6. The lowest BCUT2D eigenvalue weighted by Gasteiger charge is -2.42. The Morgan fingerprint density at radius 3 is 1.98 bits per heavy atom. The first kappa shape index (κ1) is 30.0. The summed E-state index contributed by atoms with van der Waals surface area (Å²) in [6.07, 6.45) is -5.79. The van der Waals surface area contributed by atoms with Gasteiger partial charge in [-0.1, -0.05) is 0 Å². The number of phenols is 2. The van der Waals surface area contributed by atoms with Gasteiger partial charge in [0, 0.05) is 18.1 Å². The Hall–Kier alpha value is -3.00. The van der Waals surface area contributed by atoms with Crippen LogP contribution in [0.2, 0.25) is 0 Å². The van der Waals surface area contributed by atoms with E-state index in [1.54, 1.807) is 25.1 Å². The van der Waals surface area contributed by atoms with Gasteiger partial charge in [-0.05, 0) is 54.5 Å². The van der Waals surface area contributed by atoms with Gasteiger partial charge in [0.1, 0.15) is 18.3 Å². The molecule has 222 valence electrons. The molecular weight excluding hydrogens is 528 g/mol. The van der Waals surface area contributed by atoms with Crippen molar-refractivity contribution >= 4 is 0 Å². The first-order valence-corrected chi connectivity index (χ1v) is 12.9. The molecule has 40 heavy (non-hydrogen) atoms. The predicted octanol–water partition coefficient (Wildman–Crippen LogP) is 0.889. The highest BCUT2D eigenvalue weighted by molar-refractivity contribution is 5.64. The summed E-state index contributed by atoms with van der Waals surface area (Å²) >= 11 is 0. The zero-order valence-corrected chi connectivity index (χ0v) is 23.1. The van der Waals surface area contributed by atoms with E-state index >= 15 is 0 Å². The summed E-state index contributed by atoms with van der Waals surface area (Å²) in [7, 11) is 5.67. The molecule has 1 fully saturated rings. The second-order valence-corrected chi connectivity index (χ2v) is 10.1. The van der Waals surface area contributed by atoms with Gasteiger partial charge < -0.3 is 59.1 Å². The molecule has 1 aliphatic heterocycles. The lowest BCUT2D eigenvalue weighted by molar-refractivity contribution is -0.296. The Kier molecular flexibility index (Phi) is 9.18. The SMILES string of the molecule is COc1cc([C@H]2c3c(cc(OC)c(O)c3OC)C[C@@H](CO[C@@H]3O[C@@H](C)[C@H](O)[C@@H](O)[C@H]3O)[C@@H]2CO)cc(OC)c1O. The van der Waals surface area contributed by atoms with Crippen LogP contribution < -0.4 is 18.9 Å². The lowest BCUT2D eigenvalue weighted by atomic mass is 9.66. The Labute approximate surface area is 232 Å². The van der Waals surface area contributed by atoms with Crippen LogP contribution in [-0.4, -0.2) is 103 Å². The molecule has 0 amide bonds. The Morgan fingerprint density at radius 1 is 0.825 bits per heavy atom. The van der Waals surface area contributed by atoms with Crippen LogP contribution in [-0.2, 0) is 15.9 Å². The van der Waals surface area contributed by atoms with Crippen molar-refractivity contribution < 1.29 is 59.1 Å². The smallest absolute Gasteiger partial charge is 0.201 e. The number of fused-ring (bicyclic) bond motifs is 1. The van der Waals surface area contributed by atoms with E-state index in [0.717, 1.165) is 5.56 Å². The number of aromatic hydroxyl groups is 2. The molecule has 1 aliphatic carbocycles. The van der Waals surface area contributed by atoms with Crippen LogP contribution >= 0.6 is 0 Å². The number of rotatable bonds is 9. The van der Waals surface area contributed by atoms with Crippen LogP contribution in [0.15, 0.2) is 18.2 Å². The summed E-state index contributed by atoms with van der Waals surface area (Å²) in [5, 5.41) is 62.9. The first-order valence-electron chi connectivity index (χ1n) is 12.9. The average Bonchev–Trinajstić information content (AvgIpc) is 2.96. The van der Waals surface area contributed by atoms with Crippen LogP contribution in [0.1, 0.15) is 29.5 Å². The van der Waals surface area contributed by atoms with Gasteiger partial charge in [-0.25, -0.2) is 0 Å². The molecule has 0 bridgehead atoms. The van der Waals surface area contributed by atoms with Crippen molar-refractivity contribution in [2.45, 2.75) is 50.0 Å². The quantitative estimate of drug-likeness (QED) is 0.253. The van der Waals surface area contributed by atoms with E-state index in [4.69, 9.17) is 28.4 Å². The van der Waals surface area contributed by atoms with Gasteiger partial charge >= 0.3 is 0 Å². The number of benzene rings is 2. The Morgan fingerprint density at radius 2 is 1.43 bits per heavy atom. The van der Waals surface area contributed by atoms with Crippen molar-refractivity contribution in [1.29, 1.82) is 0 Å². The van der Waals surface area contributed by atoms with Crippen LogP contribution in [0.5, 0.6) is 34.5 Å². The van der Waals surface area contributed by atoms with Gasteiger partial charge in [-0.2, -0.15) is 0 Å². The molecule has 2 aliphatic rings. The topological polar surface area (TPSA) is 177 Å². The average molecular weight is 567 g/mol. The molecule has 0 unspecified atom stereocenters. The minimum atomic E-state index is -1.48. The summed E-state index contributed by atoms with van der Waals surface area (Å²) < 4.78 is 33.3. The van der Waals surface area contributed by atoms with Crippen LogP contribution in [0.3, 0.4) is 0 Å². The fourth-order valence-corrected chi connectivity index (χ4v) is 5.80. The molecule has 6 N–H and O–H groups in total. The maximum Gasteiger partial charge on any atom is 0.201 e. The van der Waals surface area contributed by atoms with Crippen molar-refractivity contribution in [1.82, 2.24) is 0 Å². The van der Waals surface area contributed by atoms with E-state index in [1.165, 1.54) is 28.4 Å². The number of hydrogen-bond donors (Lipinski definition) is 6. The number of hydrogen-bond acceptors (Lipinski definition) is 12. The third-order valence-corrected chi connectivity index (χ3v) is 7.95. The molecule has 8 atom stereocenters. The standard InChI is InChI=1S/C28H38O12/c1-12-22(30)25(33)26(34)28(40-12)39-11-15-6-13-7-19(37-4)24(32)27(38-5)21(13)20(16(15)10-29)14-8-17(35-2)23(31)18(9-14)36-3/h7-9,12,15-16,20,22,25-26,28-34H,6,10-11H2,1-5H3/t12-,15-,16-,20+,22-,25+,26+,28+/m0/s1. The van der Waals surface area contributed by atoms with Crippen molar-refractivity contribution in [3.05, 3.63) is 34.9 Å². The van der Waals surface area contributed by atoms with E-state index in [-0.39, 0.29) is 53.6 Å². The number of phenolic OH excluding ortho intramolecular Hbond substituents is 2. The minimum absolute atomic E-state index is 0.0102. The van der Waals surface area contributed by atoms with E-state index in [9.17, 15) is 30.6 Å². The van der Waals surface area contributed by atoms with E-state index in [0.29, 0.717) is 17.5 Å². The molecule has 0 saturated carbocycles. The molecule has 0 aromatic heterocycles. The number of aliphatic hydroxyl groups excluding tert-OH is 4. The molecule has 1 saturated heterocycles. The molecule has 0 spiro atoms. The maximum absolute atomic E-state index is 10.9. The predicted molar refractivity (Wildman–Crippen MR) is 140 cm³/mol. The third kappa shape index (κ3) is 5.22. The zero-order valence-electron chi connectivity index (χ0n) is 23.1. The normalized spacial score (nSPS) is 29.9. The second-order valence-electron chi connectivity index (χ2n) is 10.1. The fourth-order valence-electron chi connectivity index (χ4n) is 5.80. The fraction of sp³-hybridized carbons (Fsp3) is 0.571. The number of aliphatic hydroxyl groups is 4. The van der Waals surface area contributed by atoms with E-state index in [1.807, 2.05) is 0 Å². The molecule has 4 rings (SSSR count). The summed E-state index contributed by atoms with van der Waals surface area (Å²) in [5.74, 6) is -1.16. The van der Waals surface area contributed by atoms with Crippen molar-refractivity contribution in [2.75, 3.05) is 41.7 Å². The van der Waals surface area contributed by atoms with E-state index < -0.39 is 42.5 Å². The highest BCUT2D eigenvalue weighted by atomic mass is 16.7. The van der Waals surface area contributed by atoms with Gasteiger partial charge in [-0.3, -0.25) is 0 Å². The second kappa shape index (κ2) is 12.2. The third-order valence-electron chi connectivity index (χ3n) is 7.95. The molecule has 12 heteroatoms. The van der Waals surface area contributed by atoms with Gasteiger partial charge in [0.2, 0.25) is 11.5 Å². The highest BCUT2D eigenvalue weighted by Gasteiger charge is 2.45. The molecule has 1 heterocycles. The maximum atomic E-state index is 10.9. The van der Waals surface area contributed by atoms with Gasteiger partial charge in [0.05, 0.1) is 41.2 Å². The zero-order chi connectivity index (χ0) is 29.3.